The van der Waals surface area contributed by atoms with Gasteiger partial charge in [-0.15, -0.1) is 0 Å². The highest BCUT2D eigenvalue weighted by Gasteiger charge is 2.14. The standard InChI is InChI=1S/C18H17ClN2O4/c1-10-7-13(11(2)22)16(8-14(10)19)20-9-17(23)21-15-6-4-3-5-12(15)18(24)25/h3-8,20H,9H2,1-2H3,(H,21,23)(H,24,25). The van der Waals surface area contributed by atoms with E-state index in [1.54, 1.807) is 31.2 Å². The smallest absolute Gasteiger partial charge is 0.337 e. The summed E-state index contributed by atoms with van der Waals surface area (Å²) in [7, 11) is 0. The number of benzene rings is 2. The van der Waals surface area contributed by atoms with Crippen LogP contribution in [-0.4, -0.2) is 29.3 Å². The Morgan fingerprint density at radius 1 is 1.08 bits per heavy atom. The molecule has 0 aromatic heterocycles. The molecule has 0 aliphatic rings. The molecular weight excluding hydrogens is 344 g/mol. The van der Waals surface area contributed by atoms with Crippen molar-refractivity contribution < 1.29 is 19.5 Å². The molecule has 0 atom stereocenters. The lowest BCUT2D eigenvalue weighted by Crippen LogP contribution is -2.23. The first-order valence-corrected chi connectivity index (χ1v) is 7.84. The topological polar surface area (TPSA) is 95.5 Å². The summed E-state index contributed by atoms with van der Waals surface area (Å²) in [5.41, 5.74) is 1.84. The number of aromatic carboxylic acids is 1. The Kier molecular flexibility index (Phi) is 5.77. The van der Waals surface area contributed by atoms with Gasteiger partial charge in [-0.2, -0.15) is 0 Å². The van der Waals surface area contributed by atoms with E-state index in [2.05, 4.69) is 10.6 Å². The number of carbonyl (C=O) groups excluding carboxylic acids is 2. The predicted octanol–water partition coefficient (Wildman–Crippen LogP) is 3.60. The van der Waals surface area contributed by atoms with Crippen molar-refractivity contribution in [2.75, 3.05) is 17.2 Å². The lowest BCUT2D eigenvalue weighted by atomic mass is 10.1. The minimum Gasteiger partial charge on any atom is -0.478 e. The Bertz CT molecular complexity index is 849. The van der Waals surface area contributed by atoms with Crippen LogP contribution in [0, 0.1) is 6.92 Å². The summed E-state index contributed by atoms with van der Waals surface area (Å²) >= 11 is 6.07. The van der Waals surface area contributed by atoms with E-state index in [4.69, 9.17) is 16.7 Å². The average molecular weight is 361 g/mol. The van der Waals surface area contributed by atoms with E-state index < -0.39 is 11.9 Å². The number of ketones is 1. The normalized spacial score (nSPS) is 10.2. The third kappa shape index (κ3) is 4.58. The molecule has 25 heavy (non-hydrogen) atoms. The summed E-state index contributed by atoms with van der Waals surface area (Å²) in [4.78, 5) is 35.0. The minimum absolute atomic E-state index is 0.00125. The molecular formula is C18H17ClN2O4. The molecule has 0 aliphatic heterocycles. The Balaban J connectivity index is 2.12. The third-order valence-electron chi connectivity index (χ3n) is 3.55. The Morgan fingerprint density at radius 3 is 2.40 bits per heavy atom. The number of aryl methyl sites for hydroxylation is 1. The fourth-order valence-corrected chi connectivity index (χ4v) is 2.43. The van der Waals surface area contributed by atoms with Crippen molar-refractivity contribution >= 4 is 40.6 Å². The van der Waals surface area contributed by atoms with Crippen molar-refractivity contribution in [3.8, 4) is 0 Å². The molecule has 130 valence electrons. The van der Waals surface area contributed by atoms with Gasteiger partial charge in [-0.1, -0.05) is 23.7 Å². The summed E-state index contributed by atoms with van der Waals surface area (Å²) in [5.74, 6) is -1.73. The van der Waals surface area contributed by atoms with Crippen molar-refractivity contribution in [1.29, 1.82) is 0 Å². The highest BCUT2D eigenvalue weighted by Crippen LogP contribution is 2.25. The number of carboxylic acid groups (broad SMARTS) is 1. The summed E-state index contributed by atoms with van der Waals surface area (Å²) in [6, 6.07) is 9.36. The Labute approximate surface area is 149 Å². The fourth-order valence-electron chi connectivity index (χ4n) is 2.27. The SMILES string of the molecule is CC(=O)c1cc(C)c(Cl)cc1NCC(=O)Nc1ccccc1C(=O)O. The van der Waals surface area contributed by atoms with Crippen LogP contribution in [0.1, 0.15) is 33.2 Å². The molecule has 0 bridgehead atoms. The molecule has 0 unspecified atom stereocenters. The first kappa shape index (κ1) is 18.5. The predicted molar refractivity (Wildman–Crippen MR) is 96.7 cm³/mol. The van der Waals surface area contributed by atoms with Crippen LogP contribution in [0.2, 0.25) is 5.02 Å². The summed E-state index contributed by atoms with van der Waals surface area (Å²) in [6.07, 6.45) is 0. The summed E-state index contributed by atoms with van der Waals surface area (Å²) < 4.78 is 0. The van der Waals surface area contributed by atoms with Gasteiger partial charge < -0.3 is 15.7 Å². The highest BCUT2D eigenvalue weighted by molar-refractivity contribution is 6.32. The van der Waals surface area contributed by atoms with Crippen molar-refractivity contribution in [3.63, 3.8) is 0 Å². The molecule has 3 N–H and O–H groups in total. The molecule has 0 spiro atoms. The van der Waals surface area contributed by atoms with Gasteiger partial charge in [-0.05, 0) is 43.7 Å². The molecule has 0 radical (unpaired) electrons. The number of nitrogens with one attached hydrogen (secondary N) is 2. The first-order chi connectivity index (χ1) is 11.8. The van der Waals surface area contributed by atoms with Gasteiger partial charge in [0.1, 0.15) is 0 Å². The average Bonchev–Trinajstić information content (AvgIpc) is 2.55. The van der Waals surface area contributed by atoms with Crippen molar-refractivity contribution in [2.24, 2.45) is 0 Å². The van der Waals surface area contributed by atoms with Crippen LogP contribution in [-0.2, 0) is 4.79 Å². The molecule has 0 aliphatic carbocycles. The number of carboxylic acids is 1. The number of rotatable bonds is 6. The van der Waals surface area contributed by atoms with E-state index in [0.717, 1.165) is 5.56 Å². The summed E-state index contributed by atoms with van der Waals surface area (Å²) in [5, 5.41) is 15.0. The molecule has 2 rings (SSSR count). The maximum atomic E-state index is 12.1. The molecule has 0 heterocycles. The van der Waals surface area contributed by atoms with Crippen molar-refractivity contribution in [3.05, 3.63) is 58.1 Å². The number of anilines is 2. The van der Waals surface area contributed by atoms with Gasteiger partial charge in [0, 0.05) is 16.3 Å². The van der Waals surface area contributed by atoms with Gasteiger partial charge >= 0.3 is 5.97 Å². The van der Waals surface area contributed by atoms with Gasteiger partial charge in [0.05, 0.1) is 17.8 Å². The van der Waals surface area contributed by atoms with Gasteiger partial charge in [0.25, 0.3) is 0 Å². The molecule has 0 saturated heterocycles. The van der Waals surface area contributed by atoms with E-state index in [1.807, 2.05) is 0 Å². The third-order valence-corrected chi connectivity index (χ3v) is 3.96. The molecule has 1 amide bonds. The van der Waals surface area contributed by atoms with Crippen molar-refractivity contribution in [2.45, 2.75) is 13.8 Å². The maximum Gasteiger partial charge on any atom is 0.337 e. The lowest BCUT2D eigenvalue weighted by Gasteiger charge is -2.13. The second kappa shape index (κ2) is 7.81. The van der Waals surface area contributed by atoms with Crippen LogP contribution in [0.15, 0.2) is 36.4 Å². The van der Waals surface area contributed by atoms with Crippen LogP contribution in [0.3, 0.4) is 0 Å². The quantitative estimate of drug-likeness (QED) is 0.684. The highest BCUT2D eigenvalue weighted by atomic mass is 35.5. The number of halogens is 1. The van der Waals surface area contributed by atoms with Crippen molar-refractivity contribution in [1.82, 2.24) is 0 Å². The van der Waals surface area contributed by atoms with Crippen LogP contribution < -0.4 is 10.6 Å². The van der Waals surface area contributed by atoms with Crippen LogP contribution in [0.4, 0.5) is 11.4 Å². The molecule has 0 saturated carbocycles. The van der Waals surface area contributed by atoms with Crippen LogP contribution in [0.5, 0.6) is 0 Å². The zero-order valence-electron chi connectivity index (χ0n) is 13.7. The van der Waals surface area contributed by atoms with E-state index >= 15 is 0 Å². The number of hydrogen-bond acceptors (Lipinski definition) is 4. The van der Waals surface area contributed by atoms with Gasteiger partial charge in [0.2, 0.25) is 5.91 Å². The van der Waals surface area contributed by atoms with Crippen LogP contribution in [0.25, 0.3) is 0 Å². The number of carbonyl (C=O) groups is 3. The number of para-hydroxylation sites is 1. The van der Waals surface area contributed by atoms with E-state index in [-0.39, 0.29) is 23.6 Å². The van der Waals surface area contributed by atoms with E-state index in [0.29, 0.717) is 16.3 Å². The van der Waals surface area contributed by atoms with E-state index in [1.165, 1.54) is 19.1 Å². The lowest BCUT2D eigenvalue weighted by molar-refractivity contribution is -0.114. The zero-order chi connectivity index (χ0) is 18.6. The minimum atomic E-state index is -1.13. The molecule has 2 aromatic carbocycles. The van der Waals surface area contributed by atoms with Crippen LogP contribution >= 0.6 is 11.6 Å². The molecule has 7 heteroatoms. The largest absolute Gasteiger partial charge is 0.478 e. The summed E-state index contributed by atoms with van der Waals surface area (Å²) in [6.45, 7) is 3.07. The molecule has 0 fully saturated rings. The Hall–Kier alpha value is -2.86. The second-order valence-electron chi connectivity index (χ2n) is 5.46. The monoisotopic (exact) mass is 360 g/mol. The van der Waals surface area contributed by atoms with E-state index in [9.17, 15) is 14.4 Å². The van der Waals surface area contributed by atoms with Gasteiger partial charge in [-0.25, -0.2) is 4.79 Å². The second-order valence-corrected chi connectivity index (χ2v) is 5.86. The number of hydrogen-bond donors (Lipinski definition) is 3. The maximum absolute atomic E-state index is 12.1. The zero-order valence-corrected chi connectivity index (χ0v) is 14.5. The number of amides is 1. The molecule has 6 nitrogen and oxygen atoms in total. The Morgan fingerprint density at radius 2 is 1.76 bits per heavy atom. The number of Topliss-reactive ketones (excluding diaryl/α,β-unsaturated/α-hetero) is 1. The van der Waals surface area contributed by atoms with Gasteiger partial charge in [0.15, 0.2) is 5.78 Å². The first-order valence-electron chi connectivity index (χ1n) is 7.46. The molecule has 2 aromatic rings. The van der Waals surface area contributed by atoms with Gasteiger partial charge in [-0.3, -0.25) is 9.59 Å². The fraction of sp³-hybridized carbons (Fsp3) is 0.167.